The molecule has 0 aliphatic carbocycles. The summed E-state index contributed by atoms with van der Waals surface area (Å²) in [6.45, 7) is 0.524. The smallest absolute Gasteiger partial charge is 0.226 e. The number of aromatic nitrogens is 3. The minimum atomic E-state index is -0.0307. The van der Waals surface area contributed by atoms with Crippen molar-refractivity contribution >= 4 is 22.4 Å². The zero-order valence-corrected chi connectivity index (χ0v) is 10.9. The number of rotatable bonds is 4. The second-order valence-corrected chi connectivity index (χ2v) is 4.48. The van der Waals surface area contributed by atoms with Gasteiger partial charge in [-0.1, -0.05) is 36.4 Å². The monoisotopic (exact) mass is 266 g/mol. The summed E-state index contributed by atoms with van der Waals surface area (Å²) >= 11 is 0. The molecule has 0 aliphatic rings. The van der Waals surface area contributed by atoms with Crippen molar-refractivity contribution in [1.82, 2.24) is 14.8 Å². The molecular formula is C15H14N4O. The van der Waals surface area contributed by atoms with Crippen molar-refractivity contribution in [1.29, 1.82) is 0 Å². The highest BCUT2D eigenvalue weighted by Crippen LogP contribution is 2.22. The first kappa shape index (κ1) is 12.3. The number of aryl methyl sites for hydroxylation is 1. The van der Waals surface area contributed by atoms with Gasteiger partial charge < -0.3 is 5.32 Å². The lowest BCUT2D eigenvalue weighted by Gasteiger charge is -2.08. The first-order valence-corrected chi connectivity index (χ1v) is 6.43. The molecule has 0 saturated heterocycles. The quantitative estimate of drug-likeness (QED) is 0.789. The zero-order valence-electron chi connectivity index (χ0n) is 10.9. The van der Waals surface area contributed by atoms with E-state index in [0.29, 0.717) is 13.0 Å². The van der Waals surface area contributed by atoms with Gasteiger partial charge in [0.2, 0.25) is 5.91 Å². The minimum Gasteiger partial charge on any atom is -0.325 e. The summed E-state index contributed by atoms with van der Waals surface area (Å²) in [6.07, 6.45) is 3.43. The Labute approximate surface area is 116 Å². The molecule has 1 heterocycles. The highest BCUT2D eigenvalue weighted by molar-refractivity contribution is 6.02. The molecular weight excluding hydrogens is 252 g/mol. The van der Waals surface area contributed by atoms with Crippen LogP contribution in [0.25, 0.3) is 10.8 Å². The fourth-order valence-electron chi connectivity index (χ4n) is 2.11. The Kier molecular flexibility index (Phi) is 3.41. The van der Waals surface area contributed by atoms with E-state index in [1.54, 1.807) is 11.0 Å². The fraction of sp³-hybridized carbons (Fsp3) is 0.133. The Morgan fingerprint density at radius 3 is 2.85 bits per heavy atom. The Bertz CT molecular complexity index is 716. The van der Waals surface area contributed by atoms with Gasteiger partial charge >= 0.3 is 0 Å². The van der Waals surface area contributed by atoms with Crippen LogP contribution in [0.3, 0.4) is 0 Å². The predicted molar refractivity (Wildman–Crippen MR) is 77.2 cm³/mol. The SMILES string of the molecule is O=C(CCn1cncn1)Nc1cccc2ccccc12. The van der Waals surface area contributed by atoms with E-state index >= 15 is 0 Å². The molecule has 0 aliphatic heterocycles. The van der Waals surface area contributed by atoms with Gasteiger partial charge in [-0.25, -0.2) is 4.98 Å². The van der Waals surface area contributed by atoms with Crippen molar-refractivity contribution in [2.75, 3.05) is 5.32 Å². The second kappa shape index (κ2) is 5.52. The third-order valence-corrected chi connectivity index (χ3v) is 3.10. The third kappa shape index (κ3) is 2.66. The first-order chi connectivity index (χ1) is 9.83. The molecule has 20 heavy (non-hydrogen) atoms. The summed E-state index contributed by atoms with van der Waals surface area (Å²) in [5.41, 5.74) is 0.840. The van der Waals surface area contributed by atoms with E-state index < -0.39 is 0 Å². The lowest BCUT2D eigenvalue weighted by Crippen LogP contribution is -2.14. The molecule has 0 fully saturated rings. The van der Waals surface area contributed by atoms with Crippen LogP contribution in [0.4, 0.5) is 5.69 Å². The molecule has 0 radical (unpaired) electrons. The van der Waals surface area contributed by atoms with E-state index in [1.165, 1.54) is 6.33 Å². The number of hydrogen-bond acceptors (Lipinski definition) is 3. The number of hydrogen-bond donors (Lipinski definition) is 1. The van der Waals surface area contributed by atoms with Crippen LogP contribution in [0.5, 0.6) is 0 Å². The number of anilines is 1. The maximum Gasteiger partial charge on any atom is 0.226 e. The van der Waals surface area contributed by atoms with Crippen LogP contribution >= 0.6 is 0 Å². The van der Waals surface area contributed by atoms with E-state index in [0.717, 1.165) is 16.5 Å². The van der Waals surface area contributed by atoms with Crippen molar-refractivity contribution in [3.05, 3.63) is 55.1 Å². The molecule has 1 N–H and O–H groups in total. The maximum atomic E-state index is 12.0. The van der Waals surface area contributed by atoms with Gasteiger partial charge in [0, 0.05) is 17.5 Å². The van der Waals surface area contributed by atoms with Crippen molar-refractivity contribution in [3.8, 4) is 0 Å². The van der Waals surface area contributed by atoms with Crippen LogP contribution in [0.2, 0.25) is 0 Å². The first-order valence-electron chi connectivity index (χ1n) is 6.43. The van der Waals surface area contributed by atoms with E-state index in [1.807, 2.05) is 42.5 Å². The van der Waals surface area contributed by atoms with Gasteiger partial charge in [-0.3, -0.25) is 9.48 Å². The molecule has 0 atom stereocenters. The molecule has 100 valence electrons. The van der Waals surface area contributed by atoms with Crippen LogP contribution in [-0.2, 0) is 11.3 Å². The van der Waals surface area contributed by atoms with Crippen molar-refractivity contribution < 1.29 is 4.79 Å². The molecule has 0 saturated carbocycles. The molecule has 0 bridgehead atoms. The van der Waals surface area contributed by atoms with Crippen molar-refractivity contribution in [3.63, 3.8) is 0 Å². The molecule has 2 aromatic carbocycles. The summed E-state index contributed by atoms with van der Waals surface area (Å²) < 4.78 is 1.64. The Morgan fingerprint density at radius 1 is 1.15 bits per heavy atom. The third-order valence-electron chi connectivity index (χ3n) is 3.10. The lowest BCUT2D eigenvalue weighted by atomic mass is 10.1. The Hall–Kier alpha value is -2.69. The summed E-state index contributed by atoms with van der Waals surface area (Å²) in [7, 11) is 0. The van der Waals surface area contributed by atoms with Gasteiger partial charge in [-0.15, -0.1) is 0 Å². The molecule has 1 aromatic heterocycles. The zero-order chi connectivity index (χ0) is 13.8. The molecule has 1 amide bonds. The molecule has 0 spiro atoms. The van der Waals surface area contributed by atoms with E-state index in [-0.39, 0.29) is 5.91 Å². The van der Waals surface area contributed by atoms with Crippen LogP contribution in [0.1, 0.15) is 6.42 Å². The number of nitrogens with zero attached hydrogens (tertiary/aromatic N) is 3. The van der Waals surface area contributed by atoms with Crippen molar-refractivity contribution in [2.45, 2.75) is 13.0 Å². The molecule has 5 heteroatoms. The van der Waals surface area contributed by atoms with Gasteiger partial charge in [-0.05, 0) is 11.5 Å². The average Bonchev–Trinajstić information content (AvgIpc) is 2.99. The van der Waals surface area contributed by atoms with Gasteiger partial charge in [0.15, 0.2) is 0 Å². The largest absolute Gasteiger partial charge is 0.325 e. The number of fused-ring (bicyclic) bond motifs is 1. The van der Waals surface area contributed by atoms with Gasteiger partial charge in [0.1, 0.15) is 12.7 Å². The topological polar surface area (TPSA) is 59.8 Å². The maximum absolute atomic E-state index is 12.0. The number of amides is 1. The number of carbonyl (C=O) groups is 1. The average molecular weight is 266 g/mol. The van der Waals surface area contributed by atoms with E-state index in [2.05, 4.69) is 15.4 Å². The Morgan fingerprint density at radius 2 is 2.00 bits per heavy atom. The highest BCUT2D eigenvalue weighted by atomic mass is 16.1. The number of nitrogens with one attached hydrogen (secondary N) is 1. The van der Waals surface area contributed by atoms with E-state index in [9.17, 15) is 4.79 Å². The van der Waals surface area contributed by atoms with Crippen LogP contribution in [0.15, 0.2) is 55.1 Å². The summed E-state index contributed by atoms with van der Waals surface area (Å²) in [5.74, 6) is -0.0307. The van der Waals surface area contributed by atoms with Crippen LogP contribution < -0.4 is 5.32 Å². The number of carbonyl (C=O) groups excluding carboxylic acids is 1. The molecule has 3 rings (SSSR count). The number of benzene rings is 2. The molecule has 3 aromatic rings. The van der Waals surface area contributed by atoms with Gasteiger partial charge in [0.05, 0.1) is 6.54 Å². The lowest BCUT2D eigenvalue weighted by molar-refractivity contribution is -0.116. The normalized spacial score (nSPS) is 10.6. The highest BCUT2D eigenvalue weighted by Gasteiger charge is 2.06. The van der Waals surface area contributed by atoms with Crippen molar-refractivity contribution in [2.24, 2.45) is 0 Å². The predicted octanol–water partition coefficient (Wildman–Crippen LogP) is 2.46. The molecule has 0 unspecified atom stereocenters. The van der Waals surface area contributed by atoms with Crippen LogP contribution in [-0.4, -0.2) is 20.7 Å². The second-order valence-electron chi connectivity index (χ2n) is 4.48. The summed E-state index contributed by atoms with van der Waals surface area (Å²) in [6, 6.07) is 13.9. The standard InChI is InChI=1S/C15H14N4O/c20-15(8-9-19-11-16-10-17-19)18-14-7-3-5-12-4-1-2-6-13(12)14/h1-7,10-11H,8-9H2,(H,18,20). The van der Waals surface area contributed by atoms with Gasteiger partial charge in [0.25, 0.3) is 0 Å². The fourth-order valence-corrected chi connectivity index (χ4v) is 2.11. The van der Waals surface area contributed by atoms with E-state index in [4.69, 9.17) is 0 Å². The van der Waals surface area contributed by atoms with Crippen LogP contribution in [0, 0.1) is 0 Å². The molecule has 5 nitrogen and oxygen atoms in total. The summed E-state index contributed by atoms with van der Waals surface area (Å²) in [4.78, 5) is 15.8. The summed E-state index contributed by atoms with van der Waals surface area (Å²) in [5, 5.41) is 9.08. The minimum absolute atomic E-state index is 0.0307. The van der Waals surface area contributed by atoms with Gasteiger partial charge in [-0.2, -0.15) is 5.10 Å². The Balaban J connectivity index is 1.71.